The first-order chi connectivity index (χ1) is 15.2. The summed E-state index contributed by atoms with van der Waals surface area (Å²) in [7, 11) is 0. The zero-order chi connectivity index (χ0) is 23.7. The monoisotopic (exact) mass is 441 g/mol. The number of benzene rings is 2. The van der Waals surface area contributed by atoms with Gasteiger partial charge in [0.15, 0.2) is 0 Å². The van der Waals surface area contributed by atoms with Crippen LogP contribution in [0.5, 0.6) is 0 Å². The van der Waals surface area contributed by atoms with Gasteiger partial charge in [-0.3, -0.25) is 19.3 Å². The lowest BCUT2D eigenvalue weighted by atomic mass is 9.99. The molecule has 0 saturated heterocycles. The molecule has 0 aliphatic carbocycles. The van der Waals surface area contributed by atoms with Crippen LogP contribution in [0.1, 0.15) is 24.0 Å². The highest BCUT2D eigenvalue weighted by atomic mass is 16.4. The van der Waals surface area contributed by atoms with Crippen molar-refractivity contribution in [2.45, 2.75) is 43.8 Å². The van der Waals surface area contributed by atoms with E-state index in [0.29, 0.717) is 10.5 Å². The highest BCUT2D eigenvalue weighted by Crippen LogP contribution is 2.15. The molecule has 3 atom stereocenters. The van der Waals surface area contributed by atoms with Crippen LogP contribution in [0.2, 0.25) is 0 Å². The van der Waals surface area contributed by atoms with Crippen molar-refractivity contribution in [3.63, 3.8) is 0 Å². The molecule has 0 aromatic heterocycles. The van der Waals surface area contributed by atoms with Crippen LogP contribution in [-0.4, -0.2) is 57.0 Å². The van der Waals surface area contributed by atoms with Gasteiger partial charge >= 0.3 is 11.9 Å². The van der Waals surface area contributed by atoms with Crippen molar-refractivity contribution < 1.29 is 29.4 Å². The second-order valence-electron chi connectivity index (χ2n) is 7.43. The number of amides is 2. The second-order valence-corrected chi connectivity index (χ2v) is 7.43. The summed E-state index contributed by atoms with van der Waals surface area (Å²) in [5.41, 5.74) is 13.3. The Balaban J connectivity index is 2.34. The Labute approximate surface area is 185 Å². The maximum atomic E-state index is 13.2. The van der Waals surface area contributed by atoms with E-state index >= 15 is 0 Å². The van der Waals surface area contributed by atoms with Crippen LogP contribution in [0.25, 0.3) is 0 Å². The standard InChI is InChI=1S/C23H27N3O6/c24-17(11-12-20(27)28)21(29)26(19(23(31)32)14-16-9-5-2-6-10-16)22(30)18(25)13-15-7-3-1-4-8-15/h1-10,17-19H,11-14,24-25H2,(H,27,28)(H,31,32). The Morgan fingerprint density at radius 2 is 1.22 bits per heavy atom. The fourth-order valence-electron chi connectivity index (χ4n) is 3.26. The van der Waals surface area contributed by atoms with Crippen molar-refractivity contribution in [1.82, 2.24) is 4.90 Å². The van der Waals surface area contributed by atoms with Gasteiger partial charge in [0.25, 0.3) is 0 Å². The van der Waals surface area contributed by atoms with Crippen LogP contribution in [0, 0.1) is 0 Å². The first kappa shape index (κ1) is 24.7. The van der Waals surface area contributed by atoms with Gasteiger partial charge in [0, 0.05) is 12.8 Å². The van der Waals surface area contributed by atoms with E-state index in [-0.39, 0.29) is 19.3 Å². The first-order valence-electron chi connectivity index (χ1n) is 10.1. The highest BCUT2D eigenvalue weighted by molar-refractivity contribution is 6.03. The van der Waals surface area contributed by atoms with Gasteiger partial charge in [-0.25, -0.2) is 4.79 Å². The summed E-state index contributed by atoms with van der Waals surface area (Å²) in [6.07, 6.45) is -0.701. The largest absolute Gasteiger partial charge is 0.481 e. The van der Waals surface area contributed by atoms with Gasteiger partial charge < -0.3 is 21.7 Å². The van der Waals surface area contributed by atoms with Crippen LogP contribution in [0.3, 0.4) is 0 Å². The van der Waals surface area contributed by atoms with Crippen LogP contribution in [0.4, 0.5) is 0 Å². The lowest BCUT2D eigenvalue weighted by Gasteiger charge is -2.31. The van der Waals surface area contributed by atoms with Crippen LogP contribution >= 0.6 is 0 Å². The topological polar surface area (TPSA) is 164 Å². The number of hydrogen-bond acceptors (Lipinski definition) is 6. The zero-order valence-electron chi connectivity index (χ0n) is 17.5. The minimum absolute atomic E-state index is 0.0888. The van der Waals surface area contributed by atoms with Crippen molar-refractivity contribution in [2.75, 3.05) is 0 Å². The predicted octanol–water partition coefficient (Wildman–Crippen LogP) is 0.800. The normalized spacial score (nSPS) is 13.6. The number of carboxylic acids is 2. The van der Waals surface area contributed by atoms with Crippen molar-refractivity contribution in [1.29, 1.82) is 0 Å². The summed E-state index contributed by atoms with van der Waals surface area (Å²) in [5, 5.41) is 18.7. The van der Waals surface area contributed by atoms with Gasteiger partial charge in [-0.05, 0) is 24.0 Å². The molecule has 0 spiro atoms. The first-order valence-corrected chi connectivity index (χ1v) is 10.1. The SMILES string of the molecule is NC(CCC(=O)O)C(=O)N(C(=O)C(N)Cc1ccccc1)C(Cc1ccccc1)C(=O)O. The predicted molar refractivity (Wildman–Crippen MR) is 116 cm³/mol. The third kappa shape index (κ3) is 7.00. The number of carboxylic acid groups (broad SMARTS) is 2. The lowest BCUT2D eigenvalue weighted by Crippen LogP contribution is -2.59. The number of nitrogens with two attached hydrogens (primary N) is 2. The maximum absolute atomic E-state index is 13.2. The minimum atomic E-state index is -1.55. The quantitative estimate of drug-likeness (QED) is 0.398. The third-order valence-electron chi connectivity index (χ3n) is 4.95. The number of carbonyl (C=O) groups excluding carboxylic acids is 2. The fourth-order valence-corrected chi connectivity index (χ4v) is 3.26. The van der Waals surface area contributed by atoms with E-state index in [2.05, 4.69) is 0 Å². The molecule has 0 saturated carbocycles. The molecule has 0 bridgehead atoms. The van der Waals surface area contributed by atoms with E-state index in [1.165, 1.54) is 0 Å². The molecule has 9 heteroatoms. The fraction of sp³-hybridized carbons (Fsp3) is 0.304. The molecule has 2 aromatic rings. The maximum Gasteiger partial charge on any atom is 0.327 e. The Morgan fingerprint density at radius 3 is 1.69 bits per heavy atom. The Kier molecular flexibility index (Phi) is 9.06. The Hall–Kier alpha value is -3.56. The minimum Gasteiger partial charge on any atom is -0.481 e. The zero-order valence-corrected chi connectivity index (χ0v) is 17.5. The van der Waals surface area contributed by atoms with Gasteiger partial charge in [-0.1, -0.05) is 60.7 Å². The summed E-state index contributed by atoms with van der Waals surface area (Å²) in [5.74, 6) is -4.41. The van der Waals surface area contributed by atoms with Gasteiger partial charge in [0.05, 0.1) is 12.1 Å². The Morgan fingerprint density at radius 1 is 0.750 bits per heavy atom. The molecule has 0 heterocycles. The molecule has 3 unspecified atom stereocenters. The number of carbonyl (C=O) groups is 4. The number of aliphatic carboxylic acids is 2. The van der Waals surface area contributed by atoms with Crippen molar-refractivity contribution >= 4 is 23.8 Å². The number of hydrogen-bond donors (Lipinski definition) is 4. The lowest BCUT2D eigenvalue weighted by molar-refractivity contribution is -0.159. The molecule has 2 aromatic carbocycles. The third-order valence-corrected chi connectivity index (χ3v) is 4.95. The molecule has 0 radical (unpaired) electrons. The van der Waals surface area contributed by atoms with Crippen molar-refractivity contribution in [2.24, 2.45) is 11.5 Å². The number of imide groups is 1. The molecule has 0 aliphatic rings. The number of nitrogens with zero attached hydrogens (tertiary/aromatic N) is 1. The van der Waals surface area contributed by atoms with E-state index in [4.69, 9.17) is 16.6 Å². The molecule has 9 nitrogen and oxygen atoms in total. The second kappa shape index (κ2) is 11.7. The van der Waals surface area contributed by atoms with E-state index < -0.39 is 48.3 Å². The van der Waals surface area contributed by atoms with Crippen LogP contribution < -0.4 is 11.5 Å². The highest BCUT2D eigenvalue weighted by Gasteiger charge is 2.39. The summed E-state index contributed by atoms with van der Waals surface area (Å²) in [6.45, 7) is 0. The molecule has 0 fully saturated rings. The van der Waals surface area contributed by atoms with E-state index in [1.807, 2.05) is 0 Å². The Bertz CT molecular complexity index is 935. The smallest absolute Gasteiger partial charge is 0.327 e. The summed E-state index contributed by atoms with van der Waals surface area (Å²) in [6, 6.07) is 13.3. The van der Waals surface area contributed by atoms with Gasteiger partial charge in [0.1, 0.15) is 6.04 Å². The van der Waals surface area contributed by atoms with E-state index in [9.17, 15) is 24.3 Å². The average molecular weight is 441 g/mol. The molecule has 170 valence electrons. The van der Waals surface area contributed by atoms with Crippen molar-refractivity contribution in [3.05, 3.63) is 71.8 Å². The number of rotatable bonds is 11. The molecule has 6 N–H and O–H groups in total. The van der Waals surface area contributed by atoms with Gasteiger partial charge in [-0.2, -0.15) is 0 Å². The molecular formula is C23H27N3O6. The summed E-state index contributed by atoms with van der Waals surface area (Å²) < 4.78 is 0. The van der Waals surface area contributed by atoms with E-state index in [0.717, 1.165) is 5.56 Å². The van der Waals surface area contributed by atoms with Crippen molar-refractivity contribution in [3.8, 4) is 0 Å². The van der Waals surface area contributed by atoms with E-state index in [1.54, 1.807) is 60.7 Å². The molecular weight excluding hydrogens is 414 g/mol. The molecule has 2 amide bonds. The molecule has 2 rings (SSSR count). The van der Waals surface area contributed by atoms with Gasteiger partial charge in [-0.15, -0.1) is 0 Å². The summed E-state index contributed by atoms with van der Waals surface area (Å²) in [4.78, 5) is 49.8. The molecule has 0 aliphatic heterocycles. The average Bonchev–Trinajstić information content (AvgIpc) is 2.77. The van der Waals surface area contributed by atoms with Crippen LogP contribution in [-0.2, 0) is 32.0 Å². The molecule has 32 heavy (non-hydrogen) atoms. The van der Waals surface area contributed by atoms with Gasteiger partial charge in [0.2, 0.25) is 11.8 Å². The van der Waals surface area contributed by atoms with Crippen LogP contribution in [0.15, 0.2) is 60.7 Å². The summed E-state index contributed by atoms with van der Waals surface area (Å²) >= 11 is 0.